The standard InChI is InChI=1S/C18H17P.Rh/c1-4-10-16(11-5-1)19(17-12-6-2-7-13-17)18-14-8-3-9-15-18;/h1-15H,19H2;. The first-order chi connectivity index (χ1) is 9.45. The van der Waals surface area contributed by atoms with Gasteiger partial charge in [0.05, 0.1) is 0 Å². The molecule has 0 aliphatic heterocycles. The molecule has 0 unspecified atom stereocenters. The second-order valence-electron chi connectivity index (χ2n) is 4.67. The summed E-state index contributed by atoms with van der Waals surface area (Å²) in [5, 5.41) is 4.42. The van der Waals surface area contributed by atoms with E-state index in [0.717, 1.165) is 0 Å². The fourth-order valence-corrected chi connectivity index (χ4v) is 5.49. The first-order valence-electron chi connectivity index (χ1n) is 6.60. The van der Waals surface area contributed by atoms with Gasteiger partial charge in [0.15, 0.2) is 0 Å². The molecule has 0 aliphatic rings. The molecule has 3 aromatic rings. The third-order valence-electron chi connectivity index (χ3n) is 3.40. The van der Waals surface area contributed by atoms with Crippen LogP contribution in [0.4, 0.5) is 0 Å². The van der Waals surface area contributed by atoms with Crippen molar-refractivity contribution in [1.29, 1.82) is 0 Å². The van der Waals surface area contributed by atoms with Crippen LogP contribution in [-0.4, -0.2) is 0 Å². The van der Waals surface area contributed by atoms with Crippen LogP contribution in [0.5, 0.6) is 0 Å². The van der Waals surface area contributed by atoms with E-state index >= 15 is 0 Å². The molecular weight excluding hydrogens is 350 g/mol. The van der Waals surface area contributed by atoms with E-state index in [1.54, 1.807) is 0 Å². The molecule has 0 bridgehead atoms. The molecule has 0 saturated heterocycles. The Labute approximate surface area is 134 Å². The summed E-state index contributed by atoms with van der Waals surface area (Å²) in [5.74, 6) is 0. The van der Waals surface area contributed by atoms with Crippen molar-refractivity contribution in [2.24, 2.45) is 0 Å². The van der Waals surface area contributed by atoms with Crippen LogP contribution in [0.25, 0.3) is 0 Å². The Bertz CT molecular complexity index is 529. The molecule has 0 atom stereocenters. The van der Waals surface area contributed by atoms with Gasteiger partial charge in [0.1, 0.15) is 0 Å². The van der Waals surface area contributed by atoms with Gasteiger partial charge in [-0.05, 0) is 0 Å². The van der Waals surface area contributed by atoms with Gasteiger partial charge >= 0.3 is 115 Å². The zero-order valence-corrected chi connectivity index (χ0v) is 13.9. The first-order valence-corrected chi connectivity index (χ1v) is 8.33. The second-order valence-corrected chi connectivity index (χ2v) is 7.53. The Morgan fingerprint density at radius 2 is 0.650 bits per heavy atom. The first kappa shape index (κ1) is 15.1. The van der Waals surface area contributed by atoms with E-state index in [4.69, 9.17) is 0 Å². The Balaban J connectivity index is 0.00000147. The quantitative estimate of drug-likeness (QED) is 0.493. The molecule has 0 aromatic heterocycles. The van der Waals surface area contributed by atoms with Crippen LogP contribution in [0.15, 0.2) is 91.0 Å². The van der Waals surface area contributed by atoms with Gasteiger partial charge < -0.3 is 0 Å². The van der Waals surface area contributed by atoms with Crippen LogP contribution in [-0.2, 0) is 19.5 Å². The third kappa shape index (κ3) is 3.42. The fraction of sp³-hybridized carbons (Fsp3) is 0. The maximum atomic E-state index is 2.26. The van der Waals surface area contributed by atoms with Gasteiger partial charge in [0, 0.05) is 19.5 Å². The molecule has 0 amide bonds. The van der Waals surface area contributed by atoms with Gasteiger partial charge in [0.25, 0.3) is 0 Å². The maximum absolute atomic E-state index is 2.26. The predicted molar refractivity (Wildman–Crippen MR) is 87.9 cm³/mol. The van der Waals surface area contributed by atoms with E-state index in [-0.39, 0.29) is 19.5 Å². The average Bonchev–Trinajstić information content (AvgIpc) is 2.51. The van der Waals surface area contributed by atoms with Crippen molar-refractivity contribution < 1.29 is 19.5 Å². The minimum atomic E-state index is -1.31. The van der Waals surface area contributed by atoms with Gasteiger partial charge in [-0.2, -0.15) is 0 Å². The fourth-order valence-electron chi connectivity index (χ4n) is 2.51. The molecule has 103 valence electrons. The van der Waals surface area contributed by atoms with E-state index in [1.165, 1.54) is 15.9 Å². The van der Waals surface area contributed by atoms with Gasteiger partial charge in [-0.1, -0.05) is 0 Å². The zero-order valence-electron chi connectivity index (χ0n) is 11.1. The number of benzene rings is 3. The van der Waals surface area contributed by atoms with Crippen molar-refractivity contribution in [1.82, 2.24) is 0 Å². The molecule has 0 spiro atoms. The molecule has 20 heavy (non-hydrogen) atoms. The predicted octanol–water partition coefficient (Wildman–Crippen LogP) is 2.91. The molecule has 0 fully saturated rings. The SMILES string of the molecule is [Rh].c1ccc([PH2](c2ccccc2)c2ccccc2)cc1. The van der Waals surface area contributed by atoms with Crippen LogP contribution in [0.2, 0.25) is 0 Å². The summed E-state index contributed by atoms with van der Waals surface area (Å²) < 4.78 is 0. The summed E-state index contributed by atoms with van der Waals surface area (Å²) in [5.41, 5.74) is 0. The van der Waals surface area contributed by atoms with Crippen LogP contribution >= 0.6 is 7.92 Å². The third-order valence-corrected chi connectivity index (χ3v) is 6.55. The van der Waals surface area contributed by atoms with E-state index in [9.17, 15) is 0 Å². The normalized spacial score (nSPS) is 10.5. The molecule has 0 aliphatic carbocycles. The summed E-state index contributed by atoms with van der Waals surface area (Å²) in [6.07, 6.45) is 0. The van der Waals surface area contributed by atoms with Crippen LogP contribution in [0.3, 0.4) is 0 Å². The molecule has 0 heterocycles. The summed E-state index contributed by atoms with van der Waals surface area (Å²) in [7, 11) is -1.31. The van der Waals surface area contributed by atoms with E-state index in [2.05, 4.69) is 91.0 Å². The van der Waals surface area contributed by atoms with Crippen LogP contribution in [0, 0.1) is 0 Å². The van der Waals surface area contributed by atoms with Crippen molar-refractivity contribution in [3.05, 3.63) is 91.0 Å². The molecule has 0 saturated carbocycles. The van der Waals surface area contributed by atoms with Gasteiger partial charge in [-0.15, -0.1) is 0 Å². The van der Waals surface area contributed by atoms with Gasteiger partial charge in [-0.3, -0.25) is 0 Å². The molecule has 1 radical (unpaired) electrons. The van der Waals surface area contributed by atoms with E-state index in [0.29, 0.717) is 0 Å². The van der Waals surface area contributed by atoms with Crippen molar-refractivity contribution in [3.8, 4) is 0 Å². The molecule has 2 heteroatoms. The van der Waals surface area contributed by atoms with Crippen molar-refractivity contribution in [3.63, 3.8) is 0 Å². The molecule has 0 N–H and O–H groups in total. The topological polar surface area (TPSA) is 0 Å². The summed E-state index contributed by atoms with van der Waals surface area (Å²) >= 11 is 0. The monoisotopic (exact) mass is 367 g/mol. The second kappa shape index (κ2) is 7.48. The van der Waals surface area contributed by atoms with Crippen LogP contribution < -0.4 is 15.9 Å². The Hall–Kier alpha value is -1.29. The Morgan fingerprint density at radius 1 is 0.400 bits per heavy atom. The summed E-state index contributed by atoms with van der Waals surface area (Å²) in [6, 6.07) is 32.7. The van der Waals surface area contributed by atoms with Crippen molar-refractivity contribution in [2.75, 3.05) is 0 Å². The van der Waals surface area contributed by atoms with Crippen molar-refractivity contribution in [2.45, 2.75) is 0 Å². The number of hydrogen-bond donors (Lipinski definition) is 0. The molecule has 3 rings (SSSR count). The minimum absolute atomic E-state index is 0. The number of rotatable bonds is 3. The molecular formula is C18H17PRh. The van der Waals surface area contributed by atoms with E-state index in [1.807, 2.05) is 0 Å². The number of hydrogen-bond acceptors (Lipinski definition) is 0. The van der Waals surface area contributed by atoms with Gasteiger partial charge in [0.2, 0.25) is 0 Å². The molecule has 0 nitrogen and oxygen atoms in total. The summed E-state index contributed by atoms with van der Waals surface area (Å²) in [6.45, 7) is 0. The van der Waals surface area contributed by atoms with Crippen LogP contribution in [0.1, 0.15) is 0 Å². The molecule has 3 aromatic carbocycles. The zero-order chi connectivity index (χ0) is 12.9. The van der Waals surface area contributed by atoms with Crippen molar-refractivity contribution >= 4 is 23.8 Å². The Kier molecular flexibility index (Phi) is 5.65. The Morgan fingerprint density at radius 3 is 0.900 bits per heavy atom. The average molecular weight is 367 g/mol. The summed E-state index contributed by atoms with van der Waals surface area (Å²) in [4.78, 5) is 0. The van der Waals surface area contributed by atoms with Gasteiger partial charge in [-0.25, -0.2) is 0 Å². The van der Waals surface area contributed by atoms with E-state index < -0.39 is 7.92 Å².